The van der Waals surface area contributed by atoms with Crippen molar-refractivity contribution in [1.82, 2.24) is 14.2 Å². The smallest absolute Gasteiger partial charge is 0.279 e. The number of piperidine rings is 1. The lowest BCUT2D eigenvalue weighted by atomic mass is 10.1. The van der Waals surface area contributed by atoms with E-state index >= 15 is 0 Å². The Labute approximate surface area is 202 Å². The second-order valence-corrected chi connectivity index (χ2v) is 10.6. The molecule has 1 atom stereocenters. The lowest BCUT2D eigenvalue weighted by Crippen LogP contribution is -2.46. The number of aromatic nitrogens is 3. The van der Waals surface area contributed by atoms with Crippen LogP contribution in [0.3, 0.4) is 0 Å². The molecule has 3 heterocycles. The van der Waals surface area contributed by atoms with E-state index in [9.17, 15) is 18.5 Å². The molecule has 0 spiro atoms. The number of anilines is 1. The van der Waals surface area contributed by atoms with E-state index in [-0.39, 0.29) is 27.9 Å². The third-order valence-electron chi connectivity index (χ3n) is 6.25. The van der Waals surface area contributed by atoms with Gasteiger partial charge >= 0.3 is 0 Å². The van der Waals surface area contributed by atoms with Crippen molar-refractivity contribution in [2.75, 3.05) is 18.0 Å². The fraction of sp³-hybridized carbons (Fsp3) is 0.240. The molecule has 2 aromatic heterocycles. The molecule has 35 heavy (non-hydrogen) atoms. The average molecular weight is 489 g/mol. The molecule has 0 aliphatic carbocycles. The van der Waals surface area contributed by atoms with E-state index in [0.29, 0.717) is 30.2 Å². The predicted molar refractivity (Wildman–Crippen MR) is 131 cm³/mol. The van der Waals surface area contributed by atoms with E-state index in [4.69, 9.17) is 5.73 Å². The van der Waals surface area contributed by atoms with Crippen molar-refractivity contribution in [2.45, 2.75) is 35.2 Å². The van der Waals surface area contributed by atoms with Crippen LogP contribution in [-0.4, -0.2) is 41.7 Å². The van der Waals surface area contributed by atoms with Gasteiger partial charge < -0.3 is 10.6 Å². The third-order valence-corrected chi connectivity index (χ3v) is 7.99. The topological polar surface area (TPSA) is 126 Å². The zero-order valence-corrected chi connectivity index (χ0v) is 19.7. The minimum atomic E-state index is -3.83. The first-order valence-corrected chi connectivity index (χ1v) is 12.8. The first-order valence-electron chi connectivity index (χ1n) is 11.3. The number of sulfone groups is 1. The molecule has 1 aliphatic rings. The van der Waals surface area contributed by atoms with Crippen LogP contribution in [0.2, 0.25) is 0 Å². The van der Waals surface area contributed by atoms with Gasteiger partial charge in [0.1, 0.15) is 5.52 Å². The number of rotatable bonds is 5. The number of benzene rings is 2. The number of fused-ring (bicyclic) bond motifs is 1. The minimum absolute atomic E-state index is 0.00947. The molecule has 0 radical (unpaired) electrons. The Bertz CT molecular complexity index is 1600. The van der Waals surface area contributed by atoms with Gasteiger partial charge in [0.05, 0.1) is 28.0 Å². The highest BCUT2D eigenvalue weighted by molar-refractivity contribution is 7.91. The second kappa shape index (κ2) is 9.02. The number of nitrogens with two attached hydrogens (primary N) is 1. The quantitative estimate of drug-likeness (QED) is 0.456. The van der Waals surface area contributed by atoms with Crippen LogP contribution >= 0.6 is 0 Å². The summed E-state index contributed by atoms with van der Waals surface area (Å²) in [5.41, 5.74) is 7.08. The summed E-state index contributed by atoms with van der Waals surface area (Å²) < 4.78 is 29.2. The summed E-state index contributed by atoms with van der Waals surface area (Å²) in [6.07, 6.45) is 3.10. The SMILES string of the molecule is N#Cc1ccccc1Cn1c(N2CCC[C@@H](N)C2)nn2cc(S(=O)(=O)c3ccccc3)cc2c1=O. The molecule has 1 fully saturated rings. The third kappa shape index (κ3) is 4.20. The van der Waals surface area contributed by atoms with Crippen LogP contribution in [0.4, 0.5) is 5.95 Å². The maximum atomic E-state index is 13.7. The van der Waals surface area contributed by atoms with Gasteiger partial charge in [-0.25, -0.2) is 12.9 Å². The second-order valence-electron chi connectivity index (χ2n) is 8.63. The van der Waals surface area contributed by atoms with Crippen LogP contribution < -0.4 is 16.2 Å². The number of nitrogens with zero attached hydrogens (tertiary/aromatic N) is 5. The summed E-state index contributed by atoms with van der Waals surface area (Å²) in [4.78, 5) is 15.8. The molecule has 0 amide bonds. The van der Waals surface area contributed by atoms with Crippen molar-refractivity contribution in [2.24, 2.45) is 5.73 Å². The molecule has 1 saturated heterocycles. The van der Waals surface area contributed by atoms with Crippen LogP contribution in [0.25, 0.3) is 5.52 Å². The summed E-state index contributed by atoms with van der Waals surface area (Å²) >= 11 is 0. The lowest BCUT2D eigenvalue weighted by molar-refractivity contribution is 0.487. The molecular weight excluding hydrogens is 464 g/mol. The standard InChI is InChI=1S/C25H24N6O3S/c26-14-18-7-4-5-8-19(18)15-30-24(32)23-13-22(35(33,34)21-10-2-1-3-11-21)17-31(23)28-25(30)29-12-6-9-20(27)16-29/h1-5,7-8,10-11,13,17,20H,6,9,12,15-16,27H2/t20-/m1/s1. The summed E-state index contributed by atoms with van der Waals surface area (Å²) in [6, 6.07) is 18.6. The Kier molecular flexibility index (Phi) is 5.88. The maximum absolute atomic E-state index is 13.7. The normalized spacial score (nSPS) is 16.3. The van der Waals surface area contributed by atoms with E-state index in [1.807, 2.05) is 11.0 Å². The fourth-order valence-corrected chi connectivity index (χ4v) is 5.73. The van der Waals surface area contributed by atoms with Gasteiger partial charge in [0.15, 0.2) is 0 Å². The van der Waals surface area contributed by atoms with Crippen LogP contribution in [0, 0.1) is 11.3 Å². The number of hydrogen-bond acceptors (Lipinski definition) is 7. The molecule has 1 aliphatic heterocycles. The number of hydrogen-bond donors (Lipinski definition) is 1. The highest BCUT2D eigenvalue weighted by atomic mass is 32.2. The van der Waals surface area contributed by atoms with Gasteiger partial charge in [-0.05, 0) is 42.7 Å². The van der Waals surface area contributed by atoms with E-state index in [2.05, 4.69) is 11.2 Å². The van der Waals surface area contributed by atoms with Crippen molar-refractivity contribution >= 4 is 21.3 Å². The molecule has 9 nitrogen and oxygen atoms in total. The molecular formula is C25H24N6O3S. The molecule has 4 aromatic rings. The van der Waals surface area contributed by atoms with Gasteiger partial charge in [-0.2, -0.15) is 5.26 Å². The molecule has 0 unspecified atom stereocenters. The van der Waals surface area contributed by atoms with E-state index < -0.39 is 15.4 Å². The van der Waals surface area contributed by atoms with Gasteiger partial charge in [-0.1, -0.05) is 36.4 Å². The zero-order valence-electron chi connectivity index (χ0n) is 18.9. The fourth-order valence-electron chi connectivity index (χ4n) is 4.44. The van der Waals surface area contributed by atoms with E-state index in [1.54, 1.807) is 36.4 Å². The molecule has 0 saturated carbocycles. The summed E-state index contributed by atoms with van der Waals surface area (Å²) in [5.74, 6) is 0.393. The van der Waals surface area contributed by atoms with Crippen LogP contribution in [0.15, 0.2) is 81.4 Å². The molecule has 5 rings (SSSR count). The monoisotopic (exact) mass is 488 g/mol. The Hall–Kier alpha value is -3.94. The van der Waals surface area contributed by atoms with Gasteiger partial charge in [-0.15, -0.1) is 5.10 Å². The van der Waals surface area contributed by atoms with Gasteiger partial charge in [0, 0.05) is 25.3 Å². The van der Waals surface area contributed by atoms with Crippen molar-refractivity contribution < 1.29 is 8.42 Å². The Morgan fingerprint density at radius 3 is 2.57 bits per heavy atom. The first kappa shape index (κ1) is 22.8. The summed E-state index contributed by atoms with van der Waals surface area (Å²) in [7, 11) is -3.83. The van der Waals surface area contributed by atoms with Crippen molar-refractivity contribution in [3.8, 4) is 6.07 Å². The Balaban J connectivity index is 1.69. The van der Waals surface area contributed by atoms with Crippen molar-refractivity contribution in [3.63, 3.8) is 0 Å². The van der Waals surface area contributed by atoms with Crippen molar-refractivity contribution in [1.29, 1.82) is 5.26 Å². The average Bonchev–Trinajstić information content (AvgIpc) is 3.32. The maximum Gasteiger partial charge on any atom is 0.279 e. The molecule has 0 bridgehead atoms. The van der Waals surface area contributed by atoms with Crippen LogP contribution in [0.1, 0.15) is 24.0 Å². The first-order chi connectivity index (χ1) is 16.9. The van der Waals surface area contributed by atoms with Gasteiger partial charge in [0.2, 0.25) is 15.8 Å². The molecule has 2 N–H and O–H groups in total. The molecule has 10 heteroatoms. The van der Waals surface area contributed by atoms with Crippen molar-refractivity contribution in [3.05, 3.63) is 88.3 Å². The Morgan fingerprint density at radius 2 is 1.83 bits per heavy atom. The summed E-state index contributed by atoms with van der Waals surface area (Å²) in [6.45, 7) is 1.31. The van der Waals surface area contributed by atoms with Crippen LogP contribution in [-0.2, 0) is 16.4 Å². The van der Waals surface area contributed by atoms with Gasteiger partial charge in [-0.3, -0.25) is 9.36 Å². The highest BCUT2D eigenvalue weighted by Crippen LogP contribution is 2.24. The van der Waals surface area contributed by atoms with E-state index in [0.717, 1.165) is 12.8 Å². The zero-order chi connectivity index (χ0) is 24.6. The Morgan fingerprint density at radius 1 is 1.09 bits per heavy atom. The molecule has 178 valence electrons. The minimum Gasteiger partial charge on any atom is -0.339 e. The van der Waals surface area contributed by atoms with Gasteiger partial charge in [0.25, 0.3) is 5.56 Å². The lowest BCUT2D eigenvalue weighted by Gasteiger charge is -2.32. The van der Waals surface area contributed by atoms with E-state index in [1.165, 1.54) is 33.5 Å². The largest absolute Gasteiger partial charge is 0.339 e. The highest BCUT2D eigenvalue weighted by Gasteiger charge is 2.26. The number of nitriles is 1. The predicted octanol–water partition coefficient (Wildman–Crippen LogP) is 2.18. The molecule has 2 aromatic carbocycles. The van der Waals surface area contributed by atoms with Crippen LogP contribution in [0.5, 0.6) is 0 Å². The summed E-state index contributed by atoms with van der Waals surface area (Å²) in [5, 5.41) is 14.2.